The first-order chi connectivity index (χ1) is 9.78. The molecule has 1 atom stereocenters. The molecule has 0 aliphatic heterocycles. The Hall–Kier alpha value is -1.68. The average molecular weight is 270 g/mol. The fraction of sp³-hybridized carbons (Fsp3) is 0.500. The molecule has 4 heteroatoms. The second-order valence-electron chi connectivity index (χ2n) is 5.73. The van der Waals surface area contributed by atoms with Crippen LogP contribution in [0.4, 0.5) is 0 Å². The van der Waals surface area contributed by atoms with Gasteiger partial charge in [-0.25, -0.2) is 0 Å². The van der Waals surface area contributed by atoms with Gasteiger partial charge >= 0.3 is 0 Å². The number of rotatable bonds is 4. The molecule has 1 fully saturated rings. The second kappa shape index (κ2) is 5.37. The smallest absolute Gasteiger partial charge is 0.0762 e. The zero-order valence-electron chi connectivity index (χ0n) is 12.2. The number of nitrogens with one attached hydrogen (secondary N) is 1. The minimum Gasteiger partial charge on any atom is -0.311 e. The van der Waals surface area contributed by atoms with Gasteiger partial charge in [0.05, 0.1) is 17.9 Å². The molecular weight excluding hydrogens is 248 g/mol. The topological polar surface area (TPSA) is 42.7 Å². The highest BCUT2D eigenvalue weighted by atomic mass is 15.4. The second-order valence-corrected chi connectivity index (χ2v) is 5.73. The summed E-state index contributed by atoms with van der Waals surface area (Å²) in [5.74, 6) is 0. The molecule has 0 spiro atoms. The Bertz CT molecular complexity index is 555. The number of hydrogen-bond donors (Lipinski definition) is 1. The normalized spacial score (nSPS) is 19.1. The van der Waals surface area contributed by atoms with Crippen LogP contribution in [0.2, 0.25) is 0 Å². The van der Waals surface area contributed by atoms with Gasteiger partial charge in [-0.1, -0.05) is 48.4 Å². The highest BCUT2D eigenvalue weighted by molar-refractivity contribution is 5.31. The van der Waals surface area contributed by atoms with Crippen molar-refractivity contribution in [3.8, 4) is 0 Å². The van der Waals surface area contributed by atoms with Crippen molar-refractivity contribution in [3.05, 3.63) is 47.8 Å². The third-order valence-corrected chi connectivity index (χ3v) is 4.73. The number of aromatic nitrogens is 3. The quantitative estimate of drug-likeness (QED) is 0.928. The Labute approximate surface area is 120 Å². The first-order valence-corrected chi connectivity index (χ1v) is 7.35. The summed E-state index contributed by atoms with van der Waals surface area (Å²) in [5.41, 5.74) is 2.75. The highest BCUT2D eigenvalue weighted by Gasteiger charge is 2.44. The average Bonchev–Trinajstić information content (AvgIpc) is 3.12. The molecule has 4 nitrogen and oxygen atoms in total. The molecule has 1 aliphatic rings. The lowest BCUT2D eigenvalue weighted by molar-refractivity contribution is 0.302. The zero-order chi connectivity index (χ0) is 14.0. The summed E-state index contributed by atoms with van der Waals surface area (Å²) >= 11 is 0. The number of benzene rings is 1. The molecule has 0 radical (unpaired) electrons. The Morgan fingerprint density at radius 2 is 1.90 bits per heavy atom. The maximum absolute atomic E-state index is 4.11. The maximum atomic E-state index is 4.11. The minimum atomic E-state index is 0.158. The van der Waals surface area contributed by atoms with E-state index in [-0.39, 0.29) is 11.5 Å². The number of hydrogen-bond acceptors (Lipinski definition) is 3. The largest absolute Gasteiger partial charge is 0.311 e. The summed E-state index contributed by atoms with van der Waals surface area (Å²) < 4.78 is 1.89. The highest BCUT2D eigenvalue weighted by Crippen LogP contribution is 2.49. The molecule has 106 valence electrons. The minimum absolute atomic E-state index is 0.158. The SMILES string of the molecule is CNC(c1cnnn1C)C1(c2ccccc2)CCCC1. The van der Waals surface area contributed by atoms with Crippen LogP contribution in [-0.4, -0.2) is 22.0 Å². The van der Waals surface area contributed by atoms with E-state index in [1.54, 1.807) is 0 Å². The van der Waals surface area contributed by atoms with Crippen molar-refractivity contribution in [2.75, 3.05) is 7.05 Å². The molecule has 2 aromatic rings. The molecule has 1 aromatic heterocycles. The summed E-state index contributed by atoms with van der Waals surface area (Å²) in [6, 6.07) is 11.2. The van der Waals surface area contributed by atoms with Gasteiger partial charge < -0.3 is 5.32 Å². The van der Waals surface area contributed by atoms with Crippen LogP contribution in [-0.2, 0) is 12.5 Å². The van der Waals surface area contributed by atoms with E-state index in [2.05, 4.69) is 46.0 Å². The van der Waals surface area contributed by atoms with Gasteiger partial charge in [0.15, 0.2) is 0 Å². The van der Waals surface area contributed by atoms with Crippen LogP contribution < -0.4 is 5.32 Å². The molecule has 1 heterocycles. The number of nitrogens with zero attached hydrogens (tertiary/aromatic N) is 3. The fourth-order valence-corrected chi connectivity index (χ4v) is 3.79. The Morgan fingerprint density at radius 1 is 1.20 bits per heavy atom. The summed E-state index contributed by atoms with van der Waals surface area (Å²) in [6.07, 6.45) is 6.91. The molecule has 1 aliphatic carbocycles. The van der Waals surface area contributed by atoms with Crippen LogP contribution in [0.1, 0.15) is 43.0 Å². The lowest BCUT2D eigenvalue weighted by Gasteiger charge is -2.38. The van der Waals surface area contributed by atoms with E-state index in [1.165, 1.54) is 36.9 Å². The van der Waals surface area contributed by atoms with E-state index >= 15 is 0 Å². The molecular formula is C16H22N4. The zero-order valence-corrected chi connectivity index (χ0v) is 12.2. The molecule has 0 bridgehead atoms. The standard InChI is InChI=1S/C16H22N4/c1-17-15(14-12-18-19-20(14)2)16(10-6-7-11-16)13-8-4-3-5-9-13/h3-5,8-9,12,15,17H,6-7,10-11H2,1-2H3. The Kier molecular flexibility index (Phi) is 3.57. The van der Waals surface area contributed by atoms with Gasteiger partial charge in [0.25, 0.3) is 0 Å². The van der Waals surface area contributed by atoms with Crippen molar-refractivity contribution >= 4 is 0 Å². The van der Waals surface area contributed by atoms with Crippen LogP contribution in [0.3, 0.4) is 0 Å². The third kappa shape index (κ3) is 2.04. The van der Waals surface area contributed by atoms with Crippen LogP contribution in [0.5, 0.6) is 0 Å². The molecule has 1 saturated carbocycles. The van der Waals surface area contributed by atoms with E-state index in [9.17, 15) is 0 Å². The van der Waals surface area contributed by atoms with Gasteiger partial charge in [0.2, 0.25) is 0 Å². The van der Waals surface area contributed by atoms with Gasteiger partial charge in [-0.15, -0.1) is 5.10 Å². The van der Waals surface area contributed by atoms with Crippen molar-refractivity contribution in [1.29, 1.82) is 0 Å². The Morgan fingerprint density at radius 3 is 2.45 bits per heavy atom. The van der Waals surface area contributed by atoms with Crippen molar-refractivity contribution < 1.29 is 0 Å². The van der Waals surface area contributed by atoms with E-state index < -0.39 is 0 Å². The van der Waals surface area contributed by atoms with Crippen molar-refractivity contribution in [1.82, 2.24) is 20.3 Å². The van der Waals surface area contributed by atoms with E-state index in [4.69, 9.17) is 0 Å². The van der Waals surface area contributed by atoms with Crippen molar-refractivity contribution in [2.24, 2.45) is 7.05 Å². The first-order valence-electron chi connectivity index (χ1n) is 7.35. The molecule has 1 aromatic carbocycles. The predicted octanol–water partition coefficient (Wildman–Crippen LogP) is 2.59. The van der Waals surface area contributed by atoms with Gasteiger partial charge in [-0.2, -0.15) is 0 Å². The van der Waals surface area contributed by atoms with Gasteiger partial charge in [0.1, 0.15) is 0 Å². The molecule has 0 amide bonds. The summed E-state index contributed by atoms with van der Waals surface area (Å²) in [5, 5.41) is 11.7. The van der Waals surface area contributed by atoms with Crippen LogP contribution >= 0.6 is 0 Å². The van der Waals surface area contributed by atoms with Gasteiger partial charge in [0, 0.05) is 12.5 Å². The molecule has 20 heavy (non-hydrogen) atoms. The van der Waals surface area contributed by atoms with Crippen molar-refractivity contribution in [3.63, 3.8) is 0 Å². The van der Waals surface area contributed by atoms with E-state index in [0.717, 1.165) is 0 Å². The number of likely N-dealkylation sites (N-methyl/N-ethyl adjacent to an activating group) is 1. The lowest BCUT2D eigenvalue weighted by atomic mass is 9.71. The van der Waals surface area contributed by atoms with Crippen molar-refractivity contribution in [2.45, 2.75) is 37.1 Å². The van der Waals surface area contributed by atoms with Gasteiger partial charge in [-0.3, -0.25) is 4.68 Å². The van der Waals surface area contributed by atoms with Crippen LogP contribution in [0.15, 0.2) is 36.5 Å². The lowest BCUT2D eigenvalue weighted by Crippen LogP contribution is -2.39. The van der Waals surface area contributed by atoms with Gasteiger partial charge in [-0.05, 0) is 25.5 Å². The van der Waals surface area contributed by atoms with Crippen LogP contribution in [0, 0.1) is 0 Å². The molecule has 0 saturated heterocycles. The molecule has 3 rings (SSSR count). The predicted molar refractivity (Wildman–Crippen MR) is 79.4 cm³/mol. The summed E-state index contributed by atoms with van der Waals surface area (Å²) in [7, 11) is 4.01. The van der Waals surface area contributed by atoms with Crippen LogP contribution in [0.25, 0.3) is 0 Å². The summed E-state index contributed by atoms with van der Waals surface area (Å²) in [4.78, 5) is 0. The number of aryl methyl sites for hydroxylation is 1. The molecule has 1 unspecified atom stereocenters. The van der Waals surface area contributed by atoms with E-state index in [0.29, 0.717) is 0 Å². The molecule has 1 N–H and O–H groups in total. The third-order valence-electron chi connectivity index (χ3n) is 4.73. The van der Waals surface area contributed by atoms with E-state index in [1.807, 2.05) is 25.0 Å². The maximum Gasteiger partial charge on any atom is 0.0762 e. The Balaban J connectivity index is 2.08. The fourth-order valence-electron chi connectivity index (χ4n) is 3.79. The first kappa shape index (κ1) is 13.3. The monoisotopic (exact) mass is 270 g/mol. The summed E-state index contributed by atoms with van der Waals surface area (Å²) in [6.45, 7) is 0.